The van der Waals surface area contributed by atoms with Crippen LogP contribution in [0.15, 0.2) is 158 Å². The van der Waals surface area contributed by atoms with E-state index in [2.05, 4.69) is 30.7 Å². The zero-order valence-electron chi connectivity index (χ0n) is 32.2. The predicted molar refractivity (Wildman–Crippen MR) is 229 cm³/mol. The lowest BCUT2D eigenvalue weighted by Crippen LogP contribution is -2.02. The molecule has 66 heavy (non-hydrogen) atoms. The van der Waals surface area contributed by atoms with Gasteiger partial charge in [0.05, 0.1) is 32.6 Å². The third-order valence-electron chi connectivity index (χ3n) is 8.69. The molecule has 0 saturated heterocycles. The van der Waals surface area contributed by atoms with Gasteiger partial charge in [-0.15, -0.1) is 10.2 Å². The molecule has 0 spiro atoms. The van der Waals surface area contributed by atoms with Crippen LogP contribution in [0.4, 0.5) is 39.8 Å². The minimum absolute atomic E-state index is 0.0593. The molecule has 0 fully saturated rings. The molecule has 0 aliphatic heterocycles. The second kappa shape index (κ2) is 18.0. The van der Waals surface area contributed by atoms with Gasteiger partial charge in [-0.25, -0.2) is 0 Å². The van der Waals surface area contributed by atoms with Crippen molar-refractivity contribution >= 4 is 113 Å². The van der Waals surface area contributed by atoms with Crippen molar-refractivity contribution in [2.75, 3.05) is 0 Å². The summed E-state index contributed by atoms with van der Waals surface area (Å²) >= 11 is 0. The standard InChI is InChI=1S/C36H25N7O18S5/c44-36-29-13-8-24(38-40-25-5-3-20(31(17-25)63(50,51)52)1-2-21-4-10-27(43(45)46)19-32(21)64(53,54)55)15-22(29)16-34(66(59,60)61)35(36)42-41-30-14-9-26(18-33(30)65(56,57)58)39-37-23-6-11-28(12-7-23)62(47,48)49/h1-19,44H,(H,47,48,49)(H,50,51,52)(H,53,54,55)(H,56,57,58)(H,59,60,61). The molecule has 0 amide bonds. The van der Waals surface area contributed by atoms with E-state index in [4.69, 9.17) is 4.55 Å². The Hall–Kier alpha value is -7.13. The highest BCUT2D eigenvalue weighted by Gasteiger charge is 2.24. The SMILES string of the molecule is O=[N+]([O-])c1ccc(C=Cc2ccc(N=Nc3ccc4c(O)c(N=Nc5ccc(N=Nc6ccc(S(=O)(=O)O)cc6)cc5S(=O)(=O)O)c(S(=O)(=O)O)cc4c3)cc2S(=O)(=O)O)c(S(=O)(=O)O)c1. The highest BCUT2D eigenvalue weighted by Crippen LogP contribution is 2.43. The van der Waals surface area contributed by atoms with Crippen molar-refractivity contribution in [2.45, 2.75) is 24.5 Å². The Bertz CT molecular complexity index is 3710. The number of hydrogen-bond donors (Lipinski definition) is 6. The van der Waals surface area contributed by atoms with Crippen LogP contribution in [-0.2, 0) is 50.6 Å². The maximum atomic E-state index is 12.5. The zero-order valence-corrected chi connectivity index (χ0v) is 36.3. The molecular formula is C36H25N7O18S5. The van der Waals surface area contributed by atoms with E-state index in [1.165, 1.54) is 36.4 Å². The monoisotopic (exact) mass is 1000 g/mol. The molecule has 0 unspecified atom stereocenters. The van der Waals surface area contributed by atoms with E-state index < -0.39 is 103 Å². The van der Waals surface area contributed by atoms with Crippen molar-refractivity contribution in [1.82, 2.24) is 0 Å². The Morgan fingerprint density at radius 1 is 0.455 bits per heavy atom. The third-order valence-corrected chi connectivity index (χ3v) is 13.1. The molecule has 0 heterocycles. The van der Waals surface area contributed by atoms with E-state index in [9.17, 15) is 75.5 Å². The van der Waals surface area contributed by atoms with Gasteiger partial charge in [0.1, 0.15) is 31.0 Å². The molecule has 25 nitrogen and oxygen atoms in total. The Labute approximate surface area is 371 Å². The summed E-state index contributed by atoms with van der Waals surface area (Å²) < 4.78 is 169. The average Bonchev–Trinajstić information content (AvgIpc) is 3.22. The summed E-state index contributed by atoms with van der Waals surface area (Å²) in [5.74, 6) is -0.898. The van der Waals surface area contributed by atoms with Gasteiger partial charge in [-0.2, -0.15) is 62.5 Å². The van der Waals surface area contributed by atoms with E-state index in [0.29, 0.717) is 6.07 Å². The summed E-state index contributed by atoms with van der Waals surface area (Å²) in [6, 6.07) is 17.4. The van der Waals surface area contributed by atoms with Crippen molar-refractivity contribution in [1.29, 1.82) is 0 Å². The Morgan fingerprint density at radius 3 is 1.44 bits per heavy atom. The molecule has 0 atom stereocenters. The van der Waals surface area contributed by atoms with Crippen molar-refractivity contribution in [3.05, 3.63) is 124 Å². The predicted octanol–water partition coefficient (Wildman–Crippen LogP) is 8.10. The molecule has 0 aliphatic rings. The highest BCUT2D eigenvalue weighted by molar-refractivity contribution is 7.87. The number of non-ortho nitro benzene ring substituents is 1. The molecule has 0 saturated carbocycles. The second-order valence-electron chi connectivity index (χ2n) is 13.1. The van der Waals surface area contributed by atoms with E-state index in [0.717, 1.165) is 72.8 Å². The minimum Gasteiger partial charge on any atom is -0.505 e. The fourth-order valence-corrected chi connectivity index (χ4v) is 8.88. The lowest BCUT2D eigenvalue weighted by molar-refractivity contribution is -0.385. The summed E-state index contributed by atoms with van der Waals surface area (Å²) in [6.45, 7) is 0. The molecular weight excluding hydrogens is 979 g/mol. The van der Waals surface area contributed by atoms with Crippen LogP contribution < -0.4 is 0 Å². The average molecular weight is 1000 g/mol. The Morgan fingerprint density at radius 2 is 0.909 bits per heavy atom. The molecule has 6 aromatic carbocycles. The Kier molecular flexibility index (Phi) is 13.2. The van der Waals surface area contributed by atoms with Gasteiger partial charge < -0.3 is 5.11 Å². The van der Waals surface area contributed by atoms with Crippen LogP contribution in [0.3, 0.4) is 0 Å². The van der Waals surface area contributed by atoms with Crippen LogP contribution in [0, 0.1) is 10.1 Å². The first kappa shape index (κ1) is 48.3. The maximum absolute atomic E-state index is 12.5. The van der Waals surface area contributed by atoms with Gasteiger partial charge >= 0.3 is 0 Å². The van der Waals surface area contributed by atoms with Crippen molar-refractivity contribution in [2.24, 2.45) is 30.7 Å². The van der Waals surface area contributed by atoms with Crippen LogP contribution in [0.25, 0.3) is 22.9 Å². The van der Waals surface area contributed by atoms with Gasteiger partial charge in [0.2, 0.25) is 0 Å². The molecule has 6 aromatic rings. The number of nitro groups is 1. The fraction of sp³-hybridized carbons (Fsp3) is 0. The summed E-state index contributed by atoms with van der Waals surface area (Å²) in [6.07, 6.45) is 2.03. The van der Waals surface area contributed by atoms with Gasteiger partial charge in [-0.1, -0.05) is 18.2 Å². The van der Waals surface area contributed by atoms with E-state index in [1.54, 1.807) is 0 Å². The molecule has 6 rings (SSSR count). The molecule has 0 aromatic heterocycles. The van der Waals surface area contributed by atoms with Crippen LogP contribution in [0.2, 0.25) is 0 Å². The minimum atomic E-state index is -5.24. The number of hydrogen-bond acceptors (Lipinski definition) is 19. The van der Waals surface area contributed by atoms with Crippen molar-refractivity contribution in [3.8, 4) is 5.75 Å². The summed E-state index contributed by atoms with van der Waals surface area (Å²) in [7, 11) is -24.8. The topological polar surface area (TPSA) is 409 Å². The molecule has 0 bridgehead atoms. The summed E-state index contributed by atoms with van der Waals surface area (Å²) in [5.41, 5.74) is -3.05. The number of phenols is 1. The fourth-order valence-electron chi connectivity index (χ4n) is 5.69. The number of phenolic OH excluding ortho intramolecular Hbond substituents is 1. The van der Waals surface area contributed by atoms with Crippen molar-refractivity contribution in [3.63, 3.8) is 0 Å². The number of benzene rings is 6. The third kappa shape index (κ3) is 11.4. The highest BCUT2D eigenvalue weighted by atomic mass is 32.2. The maximum Gasteiger partial charge on any atom is 0.296 e. The van der Waals surface area contributed by atoms with Crippen LogP contribution in [-0.4, -0.2) is 74.9 Å². The molecule has 30 heteroatoms. The van der Waals surface area contributed by atoms with Gasteiger partial charge in [-0.05, 0) is 101 Å². The van der Waals surface area contributed by atoms with Crippen LogP contribution in [0.5, 0.6) is 5.75 Å². The largest absolute Gasteiger partial charge is 0.505 e. The number of nitro benzene ring substituents is 1. The summed E-state index contributed by atoms with van der Waals surface area (Å²) in [5, 5.41) is 44.9. The number of nitrogens with zero attached hydrogens (tertiary/aromatic N) is 7. The van der Waals surface area contributed by atoms with Crippen molar-refractivity contribution < 1.29 is 74.9 Å². The Balaban J connectivity index is 1.31. The lowest BCUT2D eigenvalue weighted by Gasteiger charge is -2.09. The number of rotatable bonds is 14. The molecule has 0 aliphatic carbocycles. The molecule has 342 valence electrons. The zero-order chi connectivity index (χ0) is 48.6. The quantitative estimate of drug-likeness (QED) is 0.0197. The molecule has 0 radical (unpaired) electrons. The van der Waals surface area contributed by atoms with Crippen LogP contribution in [0.1, 0.15) is 11.1 Å². The number of fused-ring (bicyclic) bond motifs is 1. The van der Waals surface area contributed by atoms with Gasteiger partial charge in [0, 0.05) is 17.5 Å². The first-order valence-electron chi connectivity index (χ1n) is 17.4. The second-order valence-corrected chi connectivity index (χ2v) is 20.1. The van der Waals surface area contributed by atoms with Crippen LogP contribution >= 0.6 is 0 Å². The first-order chi connectivity index (χ1) is 30.6. The smallest absolute Gasteiger partial charge is 0.296 e. The lowest BCUT2D eigenvalue weighted by atomic mass is 10.1. The van der Waals surface area contributed by atoms with E-state index in [-0.39, 0.29) is 44.6 Å². The molecule has 6 N–H and O–H groups in total. The first-order valence-corrected chi connectivity index (χ1v) is 24.6. The van der Waals surface area contributed by atoms with E-state index >= 15 is 0 Å². The van der Waals surface area contributed by atoms with Gasteiger partial charge in [0.15, 0.2) is 5.75 Å². The van der Waals surface area contributed by atoms with Gasteiger partial charge in [-0.3, -0.25) is 32.9 Å². The number of azo groups is 3. The summed E-state index contributed by atoms with van der Waals surface area (Å²) in [4.78, 5) is 6.19. The number of aromatic hydroxyl groups is 1. The van der Waals surface area contributed by atoms with Gasteiger partial charge in [0.25, 0.3) is 56.3 Å². The normalized spacial score (nSPS) is 13.2. The van der Waals surface area contributed by atoms with E-state index in [1.807, 2.05) is 0 Å².